The second kappa shape index (κ2) is 8.24. The molecule has 0 bridgehead atoms. The summed E-state index contributed by atoms with van der Waals surface area (Å²) < 4.78 is 21.7. The Morgan fingerprint density at radius 3 is 2.46 bits per heavy atom. The Morgan fingerprint density at radius 1 is 0.929 bits per heavy atom. The summed E-state index contributed by atoms with van der Waals surface area (Å²) in [6.07, 6.45) is 0. The van der Waals surface area contributed by atoms with Gasteiger partial charge in [-0.05, 0) is 35.4 Å². The van der Waals surface area contributed by atoms with Gasteiger partial charge >= 0.3 is 0 Å². The number of anilines is 1. The molecule has 1 aromatic heterocycles. The lowest BCUT2D eigenvalue weighted by molar-refractivity contribution is -0.115. The maximum absolute atomic E-state index is 13.3. The molecule has 1 heterocycles. The van der Waals surface area contributed by atoms with Gasteiger partial charge in [-0.15, -0.1) is 0 Å². The summed E-state index contributed by atoms with van der Waals surface area (Å²) in [7, 11) is 0. The van der Waals surface area contributed by atoms with E-state index in [-0.39, 0.29) is 24.3 Å². The largest absolute Gasteiger partial charge is 0.323 e. The van der Waals surface area contributed by atoms with Gasteiger partial charge < -0.3 is 5.32 Å². The molecule has 0 spiro atoms. The Kier molecular flexibility index (Phi) is 5.36. The summed E-state index contributed by atoms with van der Waals surface area (Å²) in [6, 6.07) is 21.3. The number of nitrogens with zero attached hydrogens (tertiary/aromatic N) is 2. The van der Waals surface area contributed by atoms with Crippen LogP contribution in [0.3, 0.4) is 0 Å². The van der Waals surface area contributed by atoms with Crippen molar-refractivity contribution in [2.45, 2.75) is 6.04 Å². The standard InChI is InChI=1S/C21H17FN4OS/c22-16-11-9-15(10-12-16)20(14-5-2-1-3-6-14)23-13-19(27)24-17-7-4-8-18-21(17)26-28-25-18/h1-12,20,23H,13H2,(H,24,27). The molecule has 28 heavy (non-hydrogen) atoms. The van der Waals surface area contributed by atoms with Crippen molar-refractivity contribution in [2.24, 2.45) is 0 Å². The van der Waals surface area contributed by atoms with E-state index in [1.165, 1.54) is 12.1 Å². The monoisotopic (exact) mass is 392 g/mol. The van der Waals surface area contributed by atoms with Gasteiger partial charge in [0.05, 0.1) is 30.0 Å². The second-order valence-corrected chi connectivity index (χ2v) is 6.79. The second-order valence-electron chi connectivity index (χ2n) is 6.26. The van der Waals surface area contributed by atoms with Crippen molar-refractivity contribution in [1.29, 1.82) is 0 Å². The summed E-state index contributed by atoms with van der Waals surface area (Å²) in [5, 5.41) is 6.15. The summed E-state index contributed by atoms with van der Waals surface area (Å²) in [5.41, 5.74) is 3.94. The average molecular weight is 392 g/mol. The van der Waals surface area contributed by atoms with Crippen molar-refractivity contribution < 1.29 is 9.18 Å². The van der Waals surface area contributed by atoms with Crippen LogP contribution in [0.25, 0.3) is 11.0 Å². The minimum Gasteiger partial charge on any atom is -0.323 e. The fourth-order valence-corrected chi connectivity index (χ4v) is 3.57. The number of aromatic nitrogens is 2. The van der Waals surface area contributed by atoms with Crippen molar-refractivity contribution >= 4 is 34.4 Å². The Balaban J connectivity index is 1.50. The molecule has 4 aromatic rings. The molecule has 0 saturated heterocycles. The van der Waals surface area contributed by atoms with Crippen molar-refractivity contribution in [3.05, 3.63) is 89.7 Å². The van der Waals surface area contributed by atoms with E-state index in [4.69, 9.17) is 0 Å². The molecular weight excluding hydrogens is 375 g/mol. The maximum Gasteiger partial charge on any atom is 0.238 e. The number of hydrogen-bond acceptors (Lipinski definition) is 5. The Bertz CT molecular complexity index is 1080. The lowest BCUT2D eigenvalue weighted by Gasteiger charge is -2.20. The smallest absolute Gasteiger partial charge is 0.238 e. The van der Waals surface area contributed by atoms with Crippen molar-refractivity contribution in [2.75, 3.05) is 11.9 Å². The van der Waals surface area contributed by atoms with E-state index in [2.05, 4.69) is 19.4 Å². The van der Waals surface area contributed by atoms with Crippen molar-refractivity contribution in [1.82, 2.24) is 14.1 Å². The first-order valence-electron chi connectivity index (χ1n) is 8.75. The summed E-state index contributed by atoms with van der Waals surface area (Å²) in [6.45, 7) is 0.0882. The molecule has 0 saturated carbocycles. The summed E-state index contributed by atoms with van der Waals surface area (Å²) >= 11 is 1.11. The first-order valence-corrected chi connectivity index (χ1v) is 9.48. The van der Waals surface area contributed by atoms with Crippen LogP contribution < -0.4 is 10.6 Å². The number of nitrogens with one attached hydrogen (secondary N) is 2. The number of carbonyl (C=O) groups excluding carboxylic acids is 1. The van der Waals surface area contributed by atoms with E-state index >= 15 is 0 Å². The molecule has 1 unspecified atom stereocenters. The van der Waals surface area contributed by atoms with Gasteiger partial charge in [0, 0.05) is 0 Å². The van der Waals surface area contributed by atoms with Gasteiger partial charge in [-0.1, -0.05) is 48.5 Å². The molecular formula is C21H17FN4OS. The van der Waals surface area contributed by atoms with Crippen LogP contribution in [0.2, 0.25) is 0 Å². The first kappa shape index (κ1) is 18.2. The SMILES string of the molecule is O=C(CNC(c1ccccc1)c1ccc(F)cc1)Nc1cccc2nsnc12. The maximum atomic E-state index is 13.3. The number of fused-ring (bicyclic) bond motifs is 1. The van der Waals surface area contributed by atoms with Crippen molar-refractivity contribution in [3.63, 3.8) is 0 Å². The fraction of sp³-hybridized carbons (Fsp3) is 0.0952. The first-order chi connectivity index (χ1) is 13.7. The lowest BCUT2D eigenvalue weighted by atomic mass is 9.98. The number of benzene rings is 3. The highest BCUT2D eigenvalue weighted by Crippen LogP contribution is 2.23. The minimum atomic E-state index is -0.293. The van der Waals surface area contributed by atoms with Gasteiger partial charge in [0.2, 0.25) is 5.91 Å². The van der Waals surface area contributed by atoms with E-state index < -0.39 is 0 Å². The molecule has 4 rings (SSSR count). The molecule has 0 radical (unpaired) electrons. The Morgan fingerprint density at radius 2 is 1.68 bits per heavy atom. The predicted octanol–water partition coefficient (Wildman–Crippen LogP) is 4.15. The number of carbonyl (C=O) groups is 1. The highest BCUT2D eigenvalue weighted by atomic mass is 32.1. The molecule has 1 amide bonds. The molecule has 0 fully saturated rings. The zero-order valence-corrected chi connectivity index (χ0v) is 15.6. The van der Waals surface area contributed by atoms with E-state index in [9.17, 15) is 9.18 Å². The molecule has 140 valence electrons. The van der Waals surface area contributed by atoms with Gasteiger partial charge in [-0.25, -0.2) is 4.39 Å². The third-order valence-electron chi connectivity index (χ3n) is 4.36. The van der Waals surface area contributed by atoms with Crippen molar-refractivity contribution in [3.8, 4) is 0 Å². The lowest BCUT2D eigenvalue weighted by Crippen LogP contribution is -2.32. The molecule has 0 aliphatic carbocycles. The molecule has 0 aliphatic heterocycles. The zero-order chi connectivity index (χ0) is 19.3. The molecule has 3 aromatic carbocycles. The van der Waals surface area contributed by atoms with Crippen LogP contribution in [-0.4, -0.2) is 21.2 Å². The fourth-order valence-electron chi connectivity index (χ4n) is 3.03. The van der Waals surface area contributed by atoms with Gasteiger partial charge in [0.25, 0.3) is 0 Å². The van der Waals surface area contributed by atoms with E-state index in [1.807, 2.05) is 42.5 Å². The van der Waals surface area contributed by atoms with Crippen LogP contribution in [0.5, 0.6) is 0 Å². The predicted molar refractivity (Wildman–Crippen MR) is 109 cm³/mol. The van der Waals surface area contributed by atoms with E-state index in [1.54, 1.807) is 18.2 Å². The Labute approximate surface area is 165 Å². The summed E-state index contributed by atoms with van der Waals surface area (Å²) in [5.74, 6) is -0.484. The quantitative estimate of drug-likeness (QED) is 0.517. The molecule has 2 N–H and O–H groups in total. The third kappa shape index (κ3) is 4.05. The van der Waals surface area contributed by atoms with Crippen LogP contribution in [0.4, 0.5) is 10.1 Å². The normalized spacial score (nSPS) is 12.0. The van der Waals surface area contributed by atoms with E-state index in [0.717, 1.165) is 28.4 Å². The topological polar surface area (TPSA) is 66.9 Å². The number of rotatable bonds is 6. The van der Waals surface area contributed by atoms with Gasteiger partial charge in [-0.2, -0.15) is 8.75 Å². The Hall–Kier alpha value is -3.16. The summed E-state index contributed by atoms with van der Waals surface area (Å²) in [4.78, 5) is 12.5. The number of amides is 1. The number of hydrogen-bond donors (Lipinski definition) is 2. The highest BCUT2D eigenvalue weighted by Gasteiger charge is 2.16. The van der Waals surface area contributed by atoms with Crippen LogP contribution in [-0.2, 0) is 4.79 Å². The molecule has 1 atom stereocenters. The third-order valence-corrected chi connectivity index (χ3v) is 4.91. The van der Waals surface area contributed by atoms with Crippen LogP contribution in [0.15, 0.2) is 72.8 Å². The van der Waals surface area contributed by atoms with E-state index in [0.29, 0.717) is 11.2 Å². The zero-order valence-electron chi connectivity index (χ0n) is 14.8. The molecule has 7 heteroatoms. The highest BCUT2D eigenvalue weighted by molar-refractivity contribution is 7.00. The van der Waals surface area contributed by atoms with Crippen LogP contribution >= 0.6 is 11.7 Å². The minimum absolute atomic E-state index is 0.0882. The average Bonchev–Trinajstić information content (AvgIpc) is 3.20. The number of halogens is 1. The molecule has 5 nitrogen and oxygen atoms in total. The van der Waals surface area contributed by atoms with Gasteiger partial charge in [-0.3, -0.25) is 10.1 Å². The molecule has 0 aliphatic rings. The van der Waals surface area contributed by atoms with Gasteiger partial charge in [0.15, 0.2) is 0 Å². The van der Waals surface area contributed by atoms with Crippen LogP contribution in [0, 0.1) is 5.82 Å². The van der Waals surface area contributed by atoms with Crippen LogP contribution in [0.1, 0.15) is 17.2 Å². The van der Waals surface area contributed by atoms with Gasteiger partial charge in [0.1, 0.15) is 16.9 Å².